The molecule has 0 radical (unpaired) electrons. The highest BCUT2D eigenvalue weighted by Gasteiger charge is 2.29. The van der Waals surface area contributed by atoms with E-state index < -0.39 is 48.3 Å². The molecule has 1 rings (SSSR count). The van der Waals surface area contributed by atoms with Gasteiger partial charge in [0, 0.05) is 13.0 Å². The lowest BCUT2D eigenvalue weighted by Gasteiger charge is -2.22. The molecule has 11 N–H and O–H groups in total. The van der Waals surface area contributed by atoms with Crippen molar-refractivity contribution in [2.24, 2.45) is 22.2 Å². The third-order valence-electron chi connectivity index (χ3n) is 4.31. The Morgan fingerprint density at radius 1 is 0.969 bits per heavy atom. The molecule has 1 aromatic carbocycles. The highest BCUT2D eigenvalue weighted by molar-refractivity contribution is 5.93. The van der Waals surface area contributed by atoms with Gasteiger partial charge in [-0.15, -0.1) is 0 Å². The Labute approximate surface area is 183 Å². The number of phenolic OH excluding ortho intramolecular Hbond substituents is 1. The SMILES string of the molecule is NC(N)=NCCC[C@H](N)C(=O)N[C@@H](Cc1ccc(O)cc1)C(=O)N[C@@H](CC(=O)O)C(=O)O. The Balaban J connectivity index is 2.91. The van der Waals surface area contributed by atoms with Gasteiger partial charge in [-0.3, -0.25) is 19.4 Å². The van der Waals surface area contributed by atoms with E-state index in [1.165, 1.54) is 24.3 Å². The molecule has 0 aliphatic carbocycles. The van der Waals surface area contributed by atoms with Gasteiger partial charge in [0.25, 0.3) is 0 Å². The second kappa shape index (κ2) is 12.7. The molecule has 0 saturated heterocycles. The summed E-state index contributed by atoms with van der Waals surface area (Å²) in [5.41, 5.74) is 16.8. The molecule has 13 nitrogen and oxygen atoms in total. The van der Waals surface area contributed by atoms with Crippen LogP contribution in [0.3, 0.4) is 0 Å². The average molecular weight is 452 g/mol. The first-order valence-corrected chi connectivity index (χ1v) is 9.63. The van der Waals surface area contributed by atoms with Crippen molar-refractivity contribution in [1.29, 1.82) is 0 Å². The molecule has 0 fully saturated rings. The van der Waals surface area contributed by atoms with Crippen LogP contribution in [0.5, 0.6) is 5.75 Å². The third-order valence-corrected chi connectivity index (χ3v) is 4.31. The number of aliphatic imine (C=N–C) groups is 1. The smallest absolute Gasteiger partial charge is 0.326 e. The number of carbonyl (C=O) groups excluding carboxylic acids is 2. The quantitative estimate of drug-likeness (QED) is 0.0915. The van der Waals surface area contributed by atoms with Crippen LogP contribution in [0.15, 0.2) is 29.3 Å². The van der Waals surface area contributed by atoms with E-state index >= 15 is 0 Å². The van der Waals surface area contributed by atoms with Gasteiger partial charge < -0.3 is 43.2 Å². The van der Waals surface area contributed by atoms with Crippen molar-refractivity contribution in [3.8, 4) is 5.75 Å². The number of amides is 2. The van der Waals surface area contributed by atoms with Crippen LogP contribution in [0.1, 0.15) is 24.8 Å². The summed E-state index contributed by atoms with van der Waals surface area (Å²) >= 11 is 0. The van der Waals surface area contributed by atoms with E-state index in [2.05, 4.69) is 15.6 Å². The van der Waals surface area contributed by atoms with Crippen LogP contribution in [-0.2, 0) is 25.6 Å². The zero-order valence-corrected chi connectivity index (χ0v) is 17.2. The van der Waals surface area contributed by atoms with Crippen molar-refractivity contribution in [2.75, 3.05) is 6.54 Å². The van der Waals surface area contributed by atoms with E-state index in [-0.39, 0.29) is 31.1 Å². The highest BCUT2D eigenvalue weighted by Crippen LogP contribution is 2.12. The Morgan fingerprint density at radius 3 is 2.09 bits per heavy atom. The first kappa shape index (κ1) is 26.2. The topological polar surface area (TPSA) is 243 Å². The number of carboxylic acid groups (broad SMARTS) is 2. The Morgan fingerprint density at radius 2 is 1.56 bits per heavy atom. The number of rotatable bonds is 13. The number of benzene rings is 1. The van der Waals surface area contributed by atoms with Gasteiger partial charge in [-0.05, 0) is 30.5 Å². The fourth-order valence-corrected chi connectivity index (χ4v) is 2.65. The van der Waals surface area contributed by atoms with Crippen LogP contribution in [0.25, 0.3) is 0 Å². The molecule has 0 aliphatic rings. The molecular weight excluding hydrogens is 424 g/mol. The molecule has 13 heteroatoms. The number of aliphatic carboxylic acids is 2. The van der Waals surface area contributed by atoms with Gasteiger partial charge in [0.2, 0.25) is 11.8 Å². The molecular formula is C19H28N6O7. The van der Waals surface area contributed by atoms with Gasteiger partial charge in [0.15, 0.2) is 5.96 Å². The molecule has 0 bridgehead atoms. The second-order valence-corrected chi connectivity index (χ2v) is 6.98. The first-order chi connectivity index (χ1) is 15.0. The minimum atomic E-state index is -1.69. The molecule has 0 saturated carbocycles. The summed E-state index contributed by atoms with van der Waals surface area (Å²) < 4.78 is 0. The number of nitrogens with zero attached hydrogens (tertiary/aromatic N) is 1. The minimum absolute atomic E-state index is 0.00557. The van der Waals surface area contributed by atoms with Gasteiger partial charge in [-0.2, -0.15) is 0 Å². The average Bonchev–Trinajstić information content (AvgIpc) is 2.70. The summed E-state index contributed by atoms with van der Waals surface area (Å²) in [6, 6.07) is 1.87. The van der Waals surface area contributed by atoms with Crippen molar-refractivity contribution in [2.45, 2.75) is 43.8 Å². The van der Waals surface area contributed by atoms with Crippen molar-refractivity contribution >= 4 is 29.7 Å². The normalized spacial score (nSPS) is 13.3. The molecule has 32 heavy (non-hydrogen) atoms. The number of hydrogen-bond donors (Lipinski definition) is 8. The number of hydrogen-bond acceptors (Lipinski definition) is 7. The van der Waals surface area contributed by atoms with Gasteiger partial charge in [0.1, 0.15) is 17.8 Å². The summed E-state index contributed by atoms with van der Waals surface area (Å²) in [5.74, 6) is -4.62. The first-order valence-electron chi connectivity index (χ1n) is 9.63. The number of phenols is 1. The molecule has 176 valence electrons. The van der Waals surface area contributed by atoms with Crippen LogP contribution >= 0.6 is 0 Å². The van der Waals surface area contributed by atoms with Gasteiger partial charge in [-0.25, -0.2) is 4.79 Å². The monoisotopic (exact) mass is 452 g/mol. The Hall–Kier alpha value is -3.87. The van der Waals surface area contributed by atoms with Crippen molar-refractivity contribution < 1.29 is 34.5 Å². The van der Waals surface area contributed by atoms with E-state index in [9.17, 15) is 24.3 Å². The van der Waals surface area contributed by atoms with E-state index in [1.807, 2.05) is 0 Å². The molecule has 0 aliphatic heterocycles. The second-order valence-electron chi connectivity index (χ2n) is 6.98. The predicted octanol–water partition coefficient (Wildman–Crippen LogP) is -2.16. The largest absolute Gasteiger partial charge is 0.508 e. The molecule has 3 atom stereocenters. The van der Waals surface area contributed by atoms with E-state index in [4.69, 9.17) is 27.4 Å². The summed E-state index contributed by atoms with van der Waals surface area (Å²) in [5, 5.41) is 32.0. The van der Waals surface area contributed by atoms with Crippen LogP contribution in [0, 0.1) is 0 Å². The van der Waals surface area contributed by atoms with Crippen molar-refractivity contribution in [3.05, 3.63) is 29.8 Å². The number of guanidine groups is 1. The number of carboxylic acids is 2. The van der Waals surface area contributed by atoms with E-state index in [0.717, 1.165) is 0 Å². The van der Waals surface area contributed by atoms with Crippen LogP contribution in [-0.4, -0.2) is 69.7 Å². The van der Waals surface area contributed by atoms with Gasteiger partial charge >= 0.3 is 11.9 Å². The van der Waals surface area contributed by atoms with Crippen LogP contribution in [0.4, 0.5) is 0 Å². The van der Waals surface area contributed by atoms with Gasteiger partial charge in [-0.1, -0.05) is 12.1 Å². The molecule has 0 unspecified atom stereocenters. The number of carbonyl (C=O) groups is 4. The predicted molar refractivity (Wildman–Crippen MR) is 113 cm³/mol. The molecule has 0 aromatic heterocycles. The number of aromatic hydroxyl groups is 1. The minimum Gasteiger partial charge on any atom is -0.508 e. The maximum Gasteiger partial charge on any atom is 0.326 e. The maximum absolute atomic E-state index is 12.7. The van der Waals surface area contributed by atoms with E-state index in [0.29, 0.717) is 12.0 Å². The van der Waals surface area contributed by atoms with Crippen LogP contribution in [0.2, 0.25) is 0 Å². The van der Waals surface area contributed by atoms with Crippen LogP contribution < -0.4 is 27.8 Å². The Bertz CT molecular complexity index is 839. The lowest BCUT2D eigenvalue weighted by molar-refractivity contribution is -0.147. The Kier molecular flexibility index (Phi) is 10.4. The lowest BCUT2D eigenvalue weighted by Crippen LogP contribution is -2.55. The molecule has 1 aromatic rings. The third kappa shape index (κ3) is 9.75. The number of nitrogens with two attached hydrogens (primary N) is 3. The van der Waals surface area contributed by atoms with E-state index in [1.54, 1.807) is 0 Å². The number of nitrogens with one attached hydrogen (secondary N) is 2. The summed E-state index contributed by atoms with van der Waals surface area (Å²) in [6.07, 6.45) is -0.281. The van der Waals surface area contributed by atoms with Crippen molar-refractivity contribution in [1.82, 2.24) is 10.6 Å². The summed E-state index contributed by atoms with van der Waals surface area (Å²) in [4.78, 5) is 51.1. The fourth-order valence-electron chi connectivity index (χ4n) is 2.65. The summed E-state index contributed by atoms with van der Waals surface area (Å²) in [6.45, 7) is 0.260. The lowest BCUT2D eigenvalue weighted by atomic mass is 10.0. The highest BCUT2D eigenvalue weighted by atomic mass is 16.4. The maximum atomic E-state index is 12.7. The zero-order chi connectivity index (χ0) is 24.3. The molecule has 2 amide bonds. The summed E-state index contributed by atoms with van der Waals surface area (Å²) in [7, 11) is 0. The molecule has 0 spiro atoms. The zero-order valence-electron chi connectivity index (χ0n) is 17.2. The standard InChI is InChI=1S/C19H28N6O7/c20-12(2-1-7-23-19(21)22)16(29)24-13(8-10-3-5-11(26)6-4-10)17(30)25-14(18(31)32)9-15(27)28/h3-6,12-14,26H,1-2,7-9,20H2,(H,24,29)(H,25,30)(H,27,28)(H,31,32)(H4,21,22,23)/t12-,13-,14-/m0/s1. The molecule has 0 heterocycles. The van der Waals surface area contributed by atoms with Gasteiger partial charge in [0.05, 0.1) is 12.5 Å². The van der Waals surface area contributed by atoms with Crippen molar-refractivity contribution in [3.63, 3.8) is 0 Å². The fraction of sp³-hybridized carbons (Fsp3) is 0.421.